The Morgan fingerprint density at radius 2 is 1.50 bits per heavy atom. The summed E-state index contributed by atoms with van der Waals surface area (Å²) in [5, 5.41) is 17.0. The molecule has 16 heteroatoms. The standard InChI is InChI=1S/C30H42N4O3S.C4F6O2/c1-22-7-6-8-23(21-22)13-16-31-18-15-27(36)34(25-9-4-2-3-5-10-25)20-19-32-17-14-24-11-12-26(35)28-29(24)38-30(37)33-28;5-3(6,7)1(11)2(12)4(8,9)10/h6-8,11-12,21,25,31-32,35H,2-5,9-10,13-20H2,1H3,(H,33,37);. The number of phenolic OH excluding ortho intramolecular Hbond substituents is 1. The lowest BCUT2D eigenvalue weighted by molar-refractivity contribution is -0.193. The molecule has 0 aliphatic heterocycles. The summed E-state index contributed by atoms with van der Waals surface area (Å²) in [7, 11) is 0. The summed E-state index contributed by atoms with van der Waals surface area (Å²) >= 11 is 1.14. The van der Waals surface area contributed by atoms with E-state index < -0.39 is 23.9 Å². The fourth-order valence-corrected chi connectivity index (χ4v) is 6.62. The molecule has 0 radical (unpaired) electrons. The molecule has 4 N–H and O–H groups in total. The fraction of sp³-hybridized carbons (Fsp3) is 0.529. The van der Waals surface area contributed by atoms with Gasteiger partial charge in [0, 0.05) is 32.1 Å². The number of ketones is 2. The summed E-state index contributed by atoms with van der Waals surface area (Å²) in [6, 6.07) is 12.5. The van der Waals surface area contributed by atoms with Crippen LogP contribution < -0.4 is 15.5 Å². The van der Waals surface area contributed by atoms with E-state index in [9.17, 15) is 50.6 Å². The number of amides is 1. The Morgan fingerprint density at radius 1 is 0.880 bits per heavy atom. The number of H-pyrrole nitrogens is 1. The number of aryl methyl sites for hydroxylation is 1. The van der Waals surface area contributed by atoms with Crippen molar-refractivity contribution >= 4 is 39.0 Å². The minimum Gasteiger partial charge on any atom is -0.506 e. The summed E-state index contributed by atoms with van der Waals surface area (Å²) in [5.41, 5.74) is 4.18. The summed E-state index contributed by atoms with van der Waals surface area (Å²) in [5.74, 6) is -6.46. The van der Waals surface area contributed by atoms with Crippen molar-refractivity contribution in [3.63, 3.8) is 0 Å². The number of aromatic amines is 1. The normalized spacial score (nSPS) is 14.1. The number of hydrogen-bond acceptors (Lipinski definition) is 8. The Morgan fingerprint density at radius 3 is 2.12 bits per heavy atom. The number of nitrogens with zero attached hydrogens (tertiary/aromatic N) is 1. The fourth-order valence-electron chi connectivity index (χ4n) is 5.72. The van der Waals surface area contributed by atoms with Gasteiger partial charge in [-0.1, -0.05) is 72.9 Å². The first-order valence-electron chi connectivity index (χ1n) is 16.4. The largest absolute Gasteiger partial charge is 0.506 e. The number of thiazole rings is 1. The van der Waals surface area contributed by atoms with E-state index in [-0.39, 0.29) is 16.5 Å². The number of carbonyl (C=O) groups excluding carboxylic acids is 3. The Balaban J connectivity index is 0.000000482. The third-order valence-corrected chi connectivity index (χ3v) is 9.19. The highest BCUT2D eigenvalue weighted by Gasteiger charge is 2.54. The molecule has 0 saturated heterocycles. The molecule has 0 spiro atoms. The topological polar surface area (TPSA) is 132 Å². The molecule has 276 valence electrons. The van der Waals surface area contributed by atoms with E-state index in [2.05, 4.69) is 51.7 Å². The van der Waals surface area contributed by atoms with Crippen LogP contribution in [0.4, 0.5) is 26.3 Å². The van der Waals surface area contributed by atoms with Crippen molar-refractivity contribution < 1.29 is 45.8 Å². The minimum absolute atomic E-state index is 0.109. The van der Waals surface area contributed by atoms with Crippen LogP contribution in [0.5, 0.6) is 5.75 Å². The Labute approximate surface area is 289 Å². The Bertz CT molecular complexity index is 1610. The summed E-state index contributed by atoms with van der Waals surface area (Å²) in [6.45, 7) is 5.91. The molecule has 9 nitrogen and oxygen atoms in total. The van der Waals surface area contributed by atoms with Crippen molar-refractivity contribution in [3.8, 4) is 5.75 Å². The number of alkyl halides is 6. The van der Waals surface area contributed by atoms with Gasteiger partial charge < -0.3 is 25.6 Å². The van der Waals surface area contributed by atoms with Gasteiger partial charge in [0.1, 0.15) is 11.3 Å². The average Bonchev–Trinajstić information content (AvgIpc) is 3.26. The van der Waals surface area contributed by atoms with Gasteiger partial charge in [0.25, 0.3) is 0 Å². The van der Waals surface area contributed by atoms with Gasteiger partial charge in [0.2, 0.25) is 5.91 Å². The van der Waals surface area contributed by atoms with Crippen molar-refractivity contribution in [3.05, 3.63) is 62.8 Å². The molecule has 3 aromatic rings. The molecule has 4 rings (SSSR count). The molecule has 1 aliphatic rings. The van der Waals surface area contributed by atoms with E-state index >= 15 is 0 Å². The third kappa shape index (κ3) is 12.8. The first kappa shape index (κ1) is 40.7. The van der Waals surface area contributed by atoms with E-state index in [1.165, 1.54) is 36.8 Å². The molecule has 0 unspecified atom stereocenters. The van der Waals surface area contributed by atoms with Crippen LogP contribution >= 0.6 is 11.3 Å². The molecule has 50 heavy (non-hydrogen) atoms. The maximum atomic E-state index is 13.3. The van der Waals surface area contributed by atoms with Crippen LogP contribution in [0, 0.1) is 6.92 Å². The molecular formula is C34H42F6N4O5S. The number of aromatic nitrogens is 1. The number of halogens is 6. The van der Waals surface area contributed by atoms with Crippen molar-refractivity contribution in [2.24, 2.45) is 0 Å². The van der Waals surface area contributed by atoms with Crippen LogP contribution in [-0.4, -0.2) is 83.6 Å². The van der Waals surface area contributed by atoms with E-state index in [1.807, 2.05) is 6.07 Å². The molecular weight excluding hydrogens is 690 g/mol. The quantitative estimate of drug-likeness (QED) is 0.0718. The number of hydrogen-bond donors (Lipinski definition) is 4. The zero-order chi connectivity index (χ0) is 36.9. The number of aromatic hydroxyl groups is 1. The number of rotatable bonds is 14. The minimum atomic E-state index is -5.77. The summed E-state index contributed by atoms with van der Waals surface area (Å²) in [6.07, 6.45) is -2.14. The lowest BCUT2D eigenvalue weighted by Crippen LogP contribution is -2.45. The van der Waals surface area contributed by atoms with Gasteiger partial charge in [-0.05, 0) is 62.9 Å². The SMILES string of the molecule is Cc1cccc(CCNCCC(=O)N(CCNCCc2ccc(O)c3[nH]c(=O)sc23)C2CCCCCC2)c1.O=C(C(=O)C(F)(F)F)C(F)(F)F. The summed E-state index contributed by atoms with van der Waals surface area (Å²) in [4.78, 5) is 49.0. The number of carbonyl (C=O) groups is 3. The lowest BCUT2D eigenvalue weighted by atomic mass is 10.1. The summed E-state index contributed by atoms with van der Waals surface area (Å²) < 4.78 is 67.8. The van der Waals surface area contributed by atoms with Gasteiger partial charge in [0.15, 0.2) is 0 Å². The smallest absolute Gasteiger partial charge is 0.458 e. The zero-order valence-electron chi connectivity index (χ0n) is 27.6. The van der Waals surface area contributed by atoms with Crippen LogP contribution in [0.25, 0.3) is 10.2 Å². The van der Waals surface area contributed by atoms with Gasteiger partial charge in [-0.25, -0.2) is 0 Å². The highest BCUT2D eigenvalue weighted by Crippen LogP contribution is 2.28. The second-order valence-electron chi connectivity index (χ2n) is 12.1. The van der Waals surface area contributed by atoms with Crippen molar-refractivity contribution in [2.45, 2.75) is 83.1 Å². The number of phenols is 1. The number of benzene rings is 2. The van der Waals surface area contributed by atoms with Crippen molar-refractivity contribution in [1.82, 2.24) is 20.5 Å². The van der Waals surface area contributed by atoms with Crippen LogP contribution in [0.15, 0.2) is 41.2 Å². The first-order valence-corrected chi connectivity index (χ1v) is 17.2. The molecule has 1 aliphatic carbocycles. The van der Waals surface area contributed by atoms with Gasteiger partial charge in [0.05, 0.1) is 4.70 Å². The first-order chi connectivity index (χ1) is 23.6. The van der Waals surface area contributed by atoms with Crippen LogP contribution in [0.1, 0.15) is 61.6 Å². The molecule has 0 atom stereocenters. The highest BCUT2D eigenvalue weighted by atomic mass is 32.1. The maximum Gasteiger partial charge on any atom is 0.458 e. The van der Waals surface area contributed by atoms with E-state index in [0.29, 0.717) is 24.5 Å². The predicted molar refractivity (Wildman–Crippen MR) is 178 cm³/mol. The Kier molecular flexibility index (Phi) is 15.5. The van der Waals surface area contributed by atoms with E-state index in [1.54, 1.807) is 6.07 Å². The molecule has 1 saturated carbocycles. The van der Waals surface area contributed by atoms with E-state index in [0.717, 1.165) is 73.5 Å². The Hall–Kier alpha value is -3.76. The number of Topliss-reactive ketones (excluding diaryl/α,β-unsaturated/α-hetero) is 2. The van der Waals surface area contributed by atoms with Crippen molar-refractivity contribution in [2.75, 3.05) is 32.7 Å². The number of nitrogens with one attached hydrogen (secondary N) is 3. The molecule has 1 amide bonds. The molecule has 1 fully saturated rings. The lowest BCUT2D eigenvalue weighted by Gasteiger charge is -2.32. The van der Waals surface area contributed by atoms with Gasteiger partial charge in [-0.2, -0.15) is 26.3 Å². The zero-order valence-corrected chi connectivity index (χ0v) is 28.5. The van der Waals surface area contributed by atoms with Gasteiger partial charge in [-0.15, -0.1) is 0 Å². The maximum absolute atomic E-state index is 13.3. The molecule has 2 aromatic carbocycles. The van der Waals surface area contributed by atoms with Gasteiger partial charge >= 0.3 is 28.8 Å². The third-order valence-electron chi connectivity index (χ3n) is 8.24. The molecule has 0 bridgehead atoms. The molecule has 1 heterocycles. The average molecular weight is 733 g/mol. The molecule has 1 aromatic heterocycles. The van der Waals surface area contributed by atoms with E-state index in [4.69, 9.17) is 0 Å². The second kappa shape index (κ2) is 19.0. The van der Waals surface area contributed by atoms with Crippen LogP contribution in [0.2, 0.25) is 0 Å². The van der Waals surface area contributed by atoms with Crippen LogP contribution in [0.3, 0.4) is 0 Å². The van der Waals surface area contributed by atoms with Crippen molar-refractivity contribution in [1.29, 1.82) is 0 Å². The second-order valence-corrected chi connectivity index (χ2v) is 13.1. The van der Waals surface area contributed by atoms with Gasteiger partial charge in [-0.3, -0.25) is 19.2 Å². The number of fused-ring (bicyclic) bond motifs is 1. The van der Waals surface area contributed by atoms with Crippen LogP contribution in [-0.2, 0) is 27.2 Å². The predicted octanol–water partition coefficient (Wildman–Crippen LogP) is 5.76. The highest BCUT2D eigenvalue weighted by molar-refractivity contribution is 7.16. The monoisotopic (exact) mass is 732 g/mol.